The van der Waals surface area contributed by atoms with E-state index in [1.165, 1.54) is 0 Å². The molecular weight excluding hydrogens is 354 g/mol. The monoisotopic (exact) mass is 377 g/mol. The van der Waals surface area contributed by atoms with Crippen LogP contribution in [0.4, 0.5) is 5.69 Å². The highest BCUT2D eigenvalue weighted by atomic mass is 35.5. The molecule has 2 aliphatic heterocycles. The van der Waals surface area contributed by atoms with Crippen molar-refractivity contribution in [3.8, 4) is 0 Å². The molecule has 2 fully saturated rings. The molecule has 0 bridgehead atoms. The number of nitrogens with zero attached hydrogens (tertiary/aromatic N) is 2. The summed E-state index contributed by atoms with van der Waals surface area (Å²) < 4.78 is 0. The van der Waals surface area contributed by atoms with E-state index in [1.54, 1.807) is 28.0 Å². The van der Waals surface area contributed by atoms with Gasteiger partial charge < -0.3 is 15.1 Å². The zero-order chi connectivity index (χ0) is 18.7. The summed E-state index contributed by atoms with van der Waals surface area (Å²) in [5.41, 5.74) is 0.726. The molecule has 2 unspecified atom stereocenters. The first kappa shape index (κ1) is 18.7. The molecule has 3 amide bonds. The first-order valence-corrected chi connectivity index (χ1v) is 9.49. The van der Waals surface area contributed by atoms with Gasteiger partial charge in [-0.1, -0.05) is 24.6 Å². The van der Waals surface area contributed by atoms with E-state index in [0.717, 1.165) is 18.5 Å². The number of piperidine rings is 1. The van der Waals surface area contributed by atoms with Crippen molar-refractivity contribution in [2.45, 2.75) is 38.6 Å². The van der Waals surface area contributed by atoms with Gasteiger partial charge in [-0.3, -0.25) is 14.4 Å². The van der Waals surface area contributed by atoms with Crippen LogP contribution in [0.1, 0.15) is 32.6 Å². The number of benzene rings is 1. The molecule has 6 nitrogen and oxygen atoms in total. The largest absolute Gasteiger partial charge is 0.352 e. The number of likely N-dealkylation sites (tertiary alicyclic amines) is 1. The van der Waals surface area contributed by atoms with E-state index in [0.29, 0.717) is 31.1 Å². The summed E-state index contributed by atoms with van der Waals surface area (Å²) in [5.74, 6) is -0.397. The summed E-state index contributed by atoms with van der Waals surface area (Å²) in [7, 11) is 0. The van der Waals surface area contributed by atoms with Crippen molar-refractivity contribution in [3.63, 3.8) is 0 Å². The Morgan fingerprint density at radius 2 is 2.12 bits per heavy atom. The molecule has 2 aliphatic rings. The highest BCUT2D eigenvalue weighted by Gasteiger charge is 2.38. The third-order valence-corrected chi connectivity index (χ3v) is 5.25. The average molecular weight is 378 g/mol. The van der Waals surface area contributed by atoms with Gasteiger partial charge in [0.15, 0.2) is 0 Å². The molecule has 140 valence electrons. The summed E-state index contributed by atoms with van der Waals surface area (Å²) in [4.78, 5) is 40.3. The average Bonchev–Trinajstić information content (AvgIpc) is 3.03. The molecule has 0 aromatic heterocycles. The molecule has 0 spiro atoms. The van der Waals surface area contributed by atoms with Crippen LogP contribution in [-0.4, -0.2) is 48.3 Å². The van der Waals surface area contributed by atoms with Gasteiger partial charge in [-0.25, -0.2) is 0 Å². The second-order valence-corrected chi connectivity index (χ2v) is 7.37. The Labute approximate surface area is 158 Å². The topological polar surface area (TPSA) is 69.7 Å². The van der Waals surface area contributed by atoms with Crippen molar-refractivity contribution in [2.75, 3.05) is 24.5 Å². The maximum absolute atomic E-state index is 12.9. The van der Waals surface area contributed by atoms with Crippen molar-refractivity contribution in [1.82, 2.24) is 10.2 Å². The Balaban J connectivity index is 1.63. The molecule has 7 heteroatoms. The summed E-state index contributed by atoms with van der Waals surface area (Å²) in [5, 5.41) is 3.53. The maximum atomic E-state index is 12.9. The third-order valence-electron chi connectivity index (χ3n) is 5.01. The van der Waals surface area contributed by atoms with Gasteiger partial charge in [-0.2, -0.15) is 0 Å². The number of carbonyl (C=O) groups is 3. The SMILES string of the molecule is CCC(=O)NC1CCCN(C(=O)C2CC(=O)N(c3cccc(Cl)c3)C2)C1. The molecular formula is C19H24ClN3O3. The fourth-order valence-electron chi connectivity index (χ4n) is 3.65. The van der Waals surface area contributed by atoms with Crippen LogP contribution in [0.15, 0.2) is 24.3 Å². The lowest BCUT2D eigenvalue weighted by Gasteiger charge is -2.34. The van der Waals surface area contributed by atoms with Crippen molar-refractivity contribution >= 4 is 35.0 Å². The summed E-state index contributed by atoms with van der Waals surface area (Å²) >= 11 is 6.01. The Hall–Kier alpha value is -2.08. The van der Waals surface area contributed by atoms with E-state index in [-0.39, 0.29) is 36.1 Å². The number of rotatable bonds is 4. The highest BCUT2D eigenvalue weighted by Crippen LogP contribution is 2.28. The van der Waals surface area contributed by atoms with Crippen LogP contribution in [0.5, 0.6) is 0 Å². The Morgan fingerprint density at radius 1 is 1.31 bits per heavy atom. The molecule has 0 aliphatic carbocycles. The van der Waals surface area contributed by atoms with Crippen LogP contribution in [-0.2, 0) is 14.4 Å². The van der Waals surface area contributed by atoms with Gasteiger partial charge in [0.05, 0.1) is 5.92 Å². The number of amides is 3. The zero-order valence-electron chi connectivity index (χ0n) is 14.9. The van der Waals surface area contributed by atoms with E-state index in [1.807, 2.05) is 13.0 Å². The van der Waals surface area contributed by atoms with Crippen LogP contribution in [0.25, 0.3) is 0 Å². The van der Waals surface area contributed by atoms with Crippen molar-refractivity contribution in [1.29, 1.82) is 0 Å². The lowest BCUT2D eigenvalue weighted by atomic mass is 10.0. The van der Waals surface area contributed by atoms with E-state index in [9.17, 15) is 14.4 Å². The second-order valence-electron chi connectivity index (χ2n) is 6.93. The number of hydrogen-bond donors (Lipinski definition) is 1. The quantitative estimate of drug-likeness (QED) is 0.874. The fraction of sp³-hybridized carbons (Fsp3) is 0.526. The molecule has 0 radical (unpaired) electrons. The van der Waals surface area contributed by atoms with Gasteiger partial charge in [-0.05, 0) is 31.0 Å². The molecule has 1 aromatic rings. The van der Waals surface area contributed by atoms with Crippen LogP contribution >= 0.6 is 11.6 Å². The first-order chi connectivity index (χ1) is 12.5. The maximum Gasteiger partial charge on any atom is 0.228 e. The predicted molar refractivity (Wildman–Crippen MR) is 99.9 cm³/mol. The van der Waals surface area contributed by atoms with E-state index >= 15 is 0 Å². The van der Waals surface area contributed by atoms with E-state index in [2.05, 4.69) is 5.32 Å². The van der Waals surface area contributed by atoms with Gasteiger partial charge in [0.25, 0.3) is 0 Å². The third kappa shape index (κ3) is 4.18. The summed E-state index contributed by atoms with van der Waals surface area (Å²) in [6, 6.07) is 7.12. The van der Waals surface area contributed by atoms with E-state index in [4.69, 9.17) is 11.6 Å². The molecule has 0 saturated carbocycles. The minimum atomic E-state index is -0.345. The Morgan fingerprint density at radius 3 is 2.85 bits per heavy atom. The predicted octanol–water partition coefficient (Wildman–Crippen LogP) is 2.21. The normalized spacial score (nSPS) is 23.2. The molecule has 2 atom stereocenters. The molecule has 2 saturated heterocycles. The Bertz CT molecular complexity index is 709. The molecule has 1 N–H and O–H groups in total. The number of halogens is 1. The molecule has 3 rings (SSSR count). The van der Waals surface area contributed by atoms with Gasteiger partial charge in [0.1, 0.15) is 0 Å². The lowest BCUT2D eigenvalue weighted by molar-refractivity contribution is -0.137. The smallest absolute Gasteiger partial charge is 0.228 e. The molecule has 1 aromatic carbocycles. The standard InChI is InChI=1S/C19H24ClN3O3/c1-2-17(24)21-15-6-4-8-22(12-15)19(26)13-9-18(25)23(11-13)16-7-3-5-14(20)10-16/h3,5,7,10,13,15H,2,4,6,8-9,11-12H2,1H3,(H,21,24). The summed E-state index contributed by atoms with van der Waals surface area (Å²) in [6.45, 7) is 3.39. The van der Waals surface area contributed by atoms with Gasteiger partial charge >= 0.3 is 0 Å². The van der Waals surface area contributed by atoms with E-state index < -0.39 is 0 Å². The summed E-state index contributed by atoms with van der Waals surface area (Å²) in [6.07, 6.45) is 2.40. The van der Waals surface area contributed by atoms with Crippen LogP contribution in [0, 0.1) is 5.92 Å². The first-order valence-electron chi connectivity index (χ1n) is 9.12. The highest BCUT2D eigenvalue weighted by molar-refractivity contribution is 6.31. The van der Waals surface area contributed by atoms with Crippen molar-refractivity contribution in [3.05, 3.63) is 29.3 Å². The minimum Gasteiger partial charge on any atom is -0.352 e. The zero-order valence-corrected chi connectivity index (χ0v) is 15.7. The second kappa shape index (κ2) is 8.08. The Kier molecular flexibility index (Phi) is 5.81. The molecule has 26 heavy (non-hydrogen) atoms. The molecule has 2 heterocycles. The number of carbonyl (C=O) groups excluding carboxylic acids is 3. The van der Waals surface area contributed by atoms with Crippen LogP contribution < -0.4 is 10.2 Å². The van der Waals surface area contributed by atoms with Crippen LogP contribution in [0.2, 0.25) is 5.02 Å². The lowest BCUT2D eigenvalue weighted by Crippen LogP contribution is -2.51. The number of hydrogen-bond acceptors (Lipinski definition) is 3. The van der Waals surface area contributed by atoms with Crippen molar-refractivity contribution < 1.29 is 14.4 Å². The fourth-order valence-corrected chi connectivity index (χ4v) is 3.83. The minimum absolute atomic E-state index is 0.00119. The van der Waals surface area contributed by atoms with Gasteiger partial charge in [-0.15, -0.1) is 0 Å². The van der Waals surface area contributed by atoms with Gasteiger partial charge in [0.2, 0.25) is 17.7 Å². The number of anilines is 1. The van der Waals surface area contributed by atoms with Crippen molar-refractivity contribution in [2.24, 2.45) is 5.92 Å². The number of nitrogens with one attached hydrogen (secondary N) is 1. The van der Waals surface area contributed by atoms with Crippen LogP contribution in [0.3, 0.4) is 0 Å². The van der Waals surface area contributed by atoms with Gasteiger partial charge in [0, 0.05) is 49.2 Å².